The Labute approximate surface area is 140 Å². The van der Waals surface area contributed by atoms with Crippen LogP contribution in [0.25, 0.3) is 0 Å². The van der Waals surface area contributed by atoms with Gasteiger partial charge in [-0.15, -0.1) is 0 Å². The van der Waals surface area contributed by atoms with Crippen molar-refractivity contribution in [3.05, 3.63) is 18.5 Å². The Balaban J connectivity index is 1.42. The molecule has 7 heteroatoms. The van der Waals surface area contributed by atoms with Crippen LogP contribution in [0.5, 0.6) is 0 Å². The predicted octanol–water partition coefficient (Wildman–Crippen LogP) is 0.872. The topological polar surface area (TPSA) is 86.6 Å². The van der Waals surface area contributed by atoms with Gasteiger partial charge in [0.05, 0.1) is 11.8 Å². The average Bonchev–Trinajstić information content (AvgIpc) is 3.23. The molecule has 7 nitrogen and oxygen atoms in total. The largest absolute Gasteiger partial charge is 0.481 e. The SMILES string of the molecule is O=C(O)[C@H]1[C@H]2CC[C@H](C2)[C@H]1C(=O)N1CCN(c2ncccn2)CC1. The van der Waals surface area contributed by atoms with Gasteiger partial charge in [0.25, 0.3) is 0 Å². The number of rotatable bonds is 3. The van der Waals surface area contributed by atoms with Crippen LogP contribution in [0.2, 0.25) is 0 Å². The number of fused-ring (bicyclic) bond motifs is 2. The standard InChI is InChI=1S/C17H22N4O3/c22-15(13-11-2-3-12(10-11)14(13)16(23)24)20-6-8-21(9-7-20)17-18-4-1-5-19-17/h1,4-5,11-14H,2-3,6-10H2,(H,23,24)/t11-,12+,13-,14+/m1/s1. The molecule has 2 aliphatic carbocycles. The quantitative estimate of drug-likeness (QED) is 0.885. The molecule has 1 N–H and O–H groups in total. The summed E-state index contributed by atoms with van der Waals surface area (Å²) in [6.07, 6.45) is 6.30. The summed E-state index contributed by atoms with van der Waals surface area (Å²) >= 11 is 0. The van der Waals surface area contributed by atoms with E-state index in [0.29, 0.717) is 32.1 Å². The van der Waals surface area contributed by atoms with Gasteiger partial charge in [0, 0.05) is 38.6 Å². The molecule has 2 bridgehead atoms. The lowest BCUT2D eigenvalue weighted by Gasteiger charge is -2.38. The second-order valence-electron chi connectivity index (χ2n) is 7.08. The molecular formula is C17H22N4O3. The molecule has 4 atom stereocenters. The van der Waals surface area contributed by atoms with Crippen molar-refractivity contribution < 1.29 is 14.7 Å². The number of carbonyl (C=O) groups excluding carboxylic acids is 1. The van der Waals surface area contributed by atoms with Crippen molar-refractivity contribution in [2.45, 2.75) is 19.3 Å². The average molecular weight is 330 g/mol. The van der Waals surface area contributed by atoms with E-state index in [4.69, 9.17) is 0 Å². The van der Waals surface area contributed by atoms with E-state index < -0.39 is 11.9 Å². The highest BCUT2D eigenvalue weighted by atomic mass is 16.4. The van der Waals surface area contributed by atoms with Crippen LogP contribution in [0.3, 0.4) is 0 Å². The van der Waals surface area contributed by atoms with Gasteiger partial charge in [-0.2, -0.15) is 0 Å². The second kappa shape index (κ2) is 6.03. The molecule has 128 valence electrons. The molecule has 0 radical (unpaired) electrons. The van der Waals surface area contributed by atoms with E-state index in [1.165, 1.54) is 0 Å². The maximum atomic E-state index is 13.0. The molecule has 3 aliphatic rings. The number of amides is 1. The van der Waals surface area contributed by atoms with Crippen LogP contribution >= 0.6 is 0 Å². The molecule has 4 rings (SSSR count). The van der Waals surface area contributed by atoms with Crippen molar-refractivity contribution in [3.63, 3.8) is 0 Å². The van der Waals surface area contributed by atoms with Gasteiger partial charge >= 0.3 is 5.97 Å². The Morgan fingerprint density at radius 3 is 2.25 bits per heavy atom. The first-order valence-electron chi connectivity index (χ1n) is 8.68. The smallest absolute Gasteiger partial charge is 0.307 e. The lowest BCUT2D eigenvalue weighted by molar-refractivity contribution is -0.153. The summed E-state index contributed by atoms with van der Waals surface area (Å²) in [7, 11) is 0. The number of aromatic nitrogens is 2. The van der Waals surface area contributed by atoms with Gasteiger partial charge in [0.1, 0.15) is 0 Å². The van der Waals surface area contributed by atoms with E-state index in [1.54, 1.807) is 18.5 Å². The molecule has 24 heavy (non-hydrogen) atoms. The van der Waals surface area contributed by atoms with Crippen molar-refractivity contribution >= 4 is 17.8 Å². The fourth-order valence-corrected chi connectivity index (χ4v) is 4.79. The molecule has 1 saturated heterocycles. The van der Waals surface area contributed by atoms with E-state index >= 15 is 0 Å². The number of carboxylic acid groups (broad SMARTS) is 1. The number of carbonyl (C=O) groups is 2. The van der Waals surface area contributed by atoms with Crippen molar-refractivity contribution in [2.24, 2.45) is 23.7 Å². The lowest BCUT2D eigenvalue weighted by Crippen LogP contribution is -2.52. The minimum Gasteiger partial charge on any atom is -0.481 e. The Kier molecular flexibility index (Phi) is 3.86. The van der Waals surface area contributed by atoms with Gasteiger partial charge in [0.2, 0.25) is 11.9 Å². The number of nitrogens with zero attached hydrogens (tertiary/aromatic N) is 4. The van der Waals surface area contributed by atoms with Crippen LogP contribution < -0.4 is 4.90 Å². The third-order valence-electron chi connectivity index (χ3n) is 5.91. The molecule has 2 saturated carbocycles. The van der Waals surface area contributed by atoms with E-state index in [0.717, 1.165) is 19.3 Å². The maximum absolute atomic E-state index is 13.0. The van der Waals surface area contributed by atoms with E-state index in [1.807, 2.05) is 4.90 Å². The number of piperazine rings is 1. The minimum absolute atomic E-state index is 0.0447. The normalized spacial score (nSPS) is 32.2. The number of aliphatic carboxylic acids is 1. The predicted molar refractivity (Wildman–Crippen MR) is 86.3 cm³/mol. The summed E-state index contributed by atoms with van der Waals surface area (Å²) in [6.45, 7) is 2.59. The van der Waals surface area contributed by atoms with Gasteiger partial charge in [-0.3, -0.25) is 9.59 Å². The molecule has 1 aromatic heterocycles. The monoisotopic (exact) mass is 330 g/mol. The number of hydrogen-bond donors (Lipinski definition) is 1. The molecule has 1 aliphatic heterocycles. The molecule has 1 amide bonds. The first-order chi connectivity index (χ1) is 11.6. The van der Waals surface area contributed by atoms with Gasteiger partial charge < -0.3 is 14.9 Å². The van der Waals surface area contributed by atoms with Crippen LogP contribution in [0.1, 0.15) is 19.3 Å². The van der Waals surface area contributed by atoms with E-state index in [-0.39, 0.29) is 23.7 Å². The van der Waals surface area contributed by atoms with Crippen molar-refractivity contribution in [1.82, 2.24) is 14.9 Å². The maximum Gasteiger partial charge on any atom is 0.307 e. The zero-order chi connectivity index (χ0) is 16.7. The van der Waals surface area contributed by atoms with Crippen LogP contribution in [0, 0.1) is 23.7 Å². The molecule has 2 heterocycles. The fraction of sp³-hybridized carbons (Fsp3) is 0.647. The second-order valence-corrected chi connectivity index (χ2v) is 7.08. The summed E-state index contributed by atoms with van der Waals surface area (Å²) in [5.41, 5.74) is 0. The third kappa shape index (κ3) is 2.52. The summed E-state index contributed by atoms with van der Waals surface area (Å²) in [5, 5.41) is 9.55. The Morgan fingerprint density at radius 2 is 1.62 bits per heavy atom. The fourth-order valence-electron chi connectivity index (χ4n) is 4.79. The molecule has 0 aromatic carbocycles. The van der Waals surface area contributed by atoms with Crippen molar-refractivity contribution in [3.8, 4) is 0 Å². The van der Waals surface area contributed by atoms with Crippen molar-refractivity contribution in [1.29, 1.82) is 0 Å². The van der Waals surface area contributed by atoms with Crippen LogP contribution in [-0.4, -0.2) is 58.0 Å². The van der Waals surface area contributed by atoms with Crippen LogP contribution in [-0.2, 0) is 9.59 Å². The summed E-state index contributed by atoms with van der Waals surface area (Å²) < 4.78 is 0. The first-order valence-corrected chi connectivity index (χ1v) is 8.68. The summed E-state index contributed by atoms with van der Waals surface area (Å²) in [4.78, 5) is 37.0. The van der Waals surface area contributed by atoms with Crippen LogP contribution in [0.4, 0.5) is 5.95 Å². The first kappa shape index (κ1) is 15.4. The summed E-state index contributed by atoms with van der Waals surface area (Å²) in [5.74, 6) is -0.403. The van der Waals surface area contributed by atoms with Gasteiger partial charge in [0.15, 0.2) is 0 Å². The number of anilines is 1. The van der Waals surface area contributed by atoms with E-state index in [2.05, 4.69) is 14.9 Å². The molecular weight excluding hydrogens is 308 g/mol. The number of carboxylic acids is 1. The van der Waals surface area contributed by atoms with Crippen LogP contribution in [0.15, 0.2) is 18.5 Å². The lowest BCUT2D eigenvalue weighted by atomic mass is 9.78. The van der Waals surface area contributed by atoms with Gasteiger partial charge in [-0.25, -0.2) is 9.97 Å². The third-order valence-corrected chi connectivity index (χ3v) is 5.91. The van der Waals surface area contributed by atoms with Gasteiger partial charge in [-0.05, 0) is 37.2 Å². The molecule has 0 unspecified atom stereocenters. The zero-order valence-electron chi connectivity index (χ0n) is 13.5. The zero-order valence-corrected chi connectivity index (χ0v) is 13.5. The number of hydrogen-bond acceptors (Lipinski definition) is 5. The highest BCUT2D eigenvalue weighted by molar-refractivity contribution is 5.86. The minimum atomic E-state index is -0.795. The van der Waals surface area contributed by atoms with E-state index in [9.17, 15) is 14.7 Å². The molecule has 3 fully saturated rings. The highest BCUT2D eigenvalue weighted by Crippen LogP contribution is 2.53. The Morgan fingerprint density at radius 1 is 1.00 bits per heavy atom. The molecule has 1 aromatic rings. The summed E-state index contributed by atoms with van der Waals surface area (Å²) in [6, 6.07) is 1.78. The van der Waals surface area contributed by atoms with Gasteiger partial charge in [-0.1, -0.05) is 0 Å². The Bertz CT molecular complexity index is 630. The molecule has 0 spiro atoms. The van der Waals surface area contributed by atoms with Crippen molar-refractivity contribution in [2.75, 3.05) is 31.1 Å². The Hall–Kier alpha value is -2.18. The highest BCUT2D eigenvalue weighted by Gasteiger charge is 2.54.